The average Bonchev–Trinajstić information content (AvgIpc) is 3.66. The maximum atomic E-state index is 13.5. The minimum absolute atomic E-state index is 0.0506. The number of benzene rings is 2. The summed E-state index contributed by atoms with van der Waals surface area (Å²) in [4.78, 5) is 29.7. The Hall–Kier alpha value is -2.76. The van der Waals surface area contributed by atoms with Crippen LogP contribution in [0.5, 0.6) is 0 Å². The van der Waals surface area contributed by atoms with Gasteiger partial charge in [-0.15, -0.1) is 0 Å². The highest BCUT2D eigenvalue weighted by molar-refractivity contribution is 5.85. The number of nitrogens with zero attached hydrogens (tertiary/aromatic N) is 2. The Bertz CT molecular complexity index is 1030. The number of amides is 2. The molecule has 4 nitrogen and oxygen atoms in total. The van der Waals surface area contributed by atoms with E-state index in [1.807, 2.05) is 28.9 Å². The van der Waals surface area contributed by atoms with Crippen molar-refractivity contribution in [1.82, 2.24) is 9.80 Å². The summed E-state index contributed by atoms with van der Waals surface area (Å²) in [5, 5.41) is 0. The van der Waals surface area contributed by atoms with Gasteiger partial charge in [0.15, 0.2) is 0 Å². The highest BCUT2D eigenvalue weighted by Gasteiger charge is 2.49. The third-order valence-corrected chi connectivity index (χ3v) is 6.99. The Morgan fingerprint density at radius 1 is 0.839 bits per heavy atom. The molecule has 2 amide bonds. The first-order valence-electron chi connectivity index (χ1n) is 11.0. The van der Waals surface area contributed by atoms with Crippen LogP contribution in [0, 0.1) is 23.5 Å². The molecule has 5 atom stereocenters. The Balaban J connectivity index is 1.17. The van der Waals surface area contributed by atoms with Crippen molar-refractivity contribution < 1.29 is 18.4 Å². The molecular formula is C25H26F2N2O2. The SMILES string of the molecule is C[C@H]1CN(C(=O)C2CC2c2cccc(F)c2)CCN1C(=O)C1CC1c1cccc(F)c1. The molecule has 1 heterocycles. The van der Waals surface area contributed by atoms with Crippen LogP contribution in [0.15, 0.2) is 48.5 Å². The lowest BCUT2D eigenvalue weighted by molar-refractivity contribution is -0.144. The number of piperazine rings is 1. The highest BCUT2D eigenvalue weighted by atomic mass is 19.1. The topological polar surface area (TPSA) is 40.6 Å². The fourth-order valence-corrected chi connectivity index (χ4v) is 5.08. The molecule has 1 aliphatic heterocycles. The van der Waals surface area contributed by atoms with Gasteiger partial charge in [0.1, 0.15) is 11.6 Å². The first-order valence-corrected chi connectivity index (χ1v) is 11.0. The van der Waals surface area contributed by atoms with Crippen molar-refractivity contribution in [2.24, 2.45) is 11.8 Å². The largest absolute Gasteiger partial charge is 0.339 e. The van der Waals surface area contributed by atoms with Crippen LogP contribution in [0.25, 0.3) is 0 Å². The molecule has 5 rings (SSSR count). The minimum Gasteiger partial charge on any atom is -0.339 e. The normalized spacial score (nSPS) is 29.6. The Morgan fingerprint density at radius 3 is 1.90 bits per heavy atom. The minimum atomic E-state index is -0.271. The lowest BCUT2D eigenvalue weighted by Crippen LogP contribution is -2.56. The van der Waals surface area contributed by atoms with Crippen molar-refractivity contribution in [1.29, 1.82) is 0 Å². The summed E-state index contributed by atoms with van der Waals surface area (Å²) >= 11 is 0. The number of hydrogen-bond donors (Lipinski definition) is 0. The molecule has 2 aromatic rings. The molecule has 6 heteroatoms. The van der Waals surface area contributed by atoms with Crippen molar-refractivity contribution in [3.8, 4) is 0 Å². The molecule has 162 valence electrons. The molecule has 2 saturated carbocycles. The predicted octanol–water partition coefficient (Wildman–Crippen LogP) is 3.93. The summed E-state index contributed by atoms with van der Waals surface area (Å²) in [6.45, 7) is 3.55. The molecule has 0 bridgehead atoms. The maximum Gasteiger partial charge on any atom is 0.226 e. The molecule has 4 unspecified atom stereocenters. The number of hydrogen-bond acceptors (Lipinski definition) is 2. The van der Waals surface area contributed by atoms with Gasteiger partial charge in [-0.2, -0.15) is 0 Å². The van der Waals surface area contributed by atoms with Crippen molar-refractivity contribution in [3.63, 3.8) is 0 Å². The smallest absolute Gasteiger partial charge is 0.226 e. The van der Waals surface area contributed by atoms with E-state index in [-0.39, 0.29) is 53.2 Å². The monoisotopic (exact) mass is 424 g/mol. The van der Waals surface area contributed by atoms with Crippen molar-refractivity contribution in [2.75, 3.05) is 19.6 Å². The lowest BCUT2D eigenvalue weighted by Gasteiger charge is -2.40. The van der Waals surface area contributed by atoms with Crippen LogP contribution in [0.4, 0.5) is 8.78 Å². The van der Waals surface area contributed by atoms with E-state index in [9.17, 15) is 18.4 Å². The summed E-state index contributed by atoms with van der Waals surface area (Å²) in [7, 11) is 0. The van der Waals surface area contributed by atoms with Crippen LogP contribution in [0.3, 0.4) is 0 Å². The van der Waals surface area contributed by atoms with E-state index in [4.69, 9.17) is 0 Å². The fraction of sp³-hybridized carbons (Fsp3) is 0.440. The quantitative estimate of drug-likeness (QED) is 0.746. The van der Waals surface area contributed by atoms with Crippen molar-refractivity contribution >= 4 is 11.8 Å². The van der Waals surface area contributed by atoms with Gasteiger partial charge in [0.2, 0.25) is 11.8 Å². The second-order valence-corrected chi connectivity index (χ2v) is 9.17. The first kappa shape index (κ1) is 20.2. The Labute approximate surface area is 180 Å². The Kier molecular flexibility index (Phi) is 5.03. The summed E-state index contributed by atoms with van der Waals surface area (Å²) in [6.07, 6.45) is 1.51. The van der Waals surface area contributed by atoms with E-state index in [0.717, 1.165) is 24.0 Å². The number of rotatable bonds is 4. The third-order valence-electron chi connectivity index (χ3n) is 6.99. The molecule has 2 aromatic carbocycles. The molecule has 0 aromatic heterocycles. The number of carbonyl (C=O) groups is 2. The molecule has 1 saturated heterocycles. The van der Waals surface area contributed by atoms with E-state index >= 15 is 0 Å². The lowest BCUT2D eigenvalue weighted by atomic mass is 10.1. The average molecular weight is 424 g/mol. The van der Waals surface area contributed by atoms with E-state index in [1.165, 1.54) is 24.3 Å². The molecule has 31 heavy (non-hydrogen) atoms. The predicted molar refractivity (Wildman–Crippen MR) is 112 cm³/mol. The zero-order valence-corrected chi connectivity index (χ0v) is 17.5. The number of carbonyl (C=O) groups excluding carboxylic acids is 2. The molecule has 3 fully saturated rings. The van der Waals surface area contributed by atoms with E-state index in [0.29, 0.717) is 19.6 Å². The first-order chi connectivity index (χ1) is 14.9. The van der Waals surface area contributed by atoms with Gasteiger partial charge in [-0.25, -0.2) is 8.78 Å². The Morgan fingerprint density at radius 2 is 1.39 bits per heavy atom. The molecule has 0 spiro atoms. The standard InChI is InChI=1S/C25H26F2N2O2/c1-15-14-28(24(30)22-12-20(22)16-4-2-6-18(26)10-16)8-9-29(15)25(31)23-13-21(23)17-5-3-7-19(27)11-17/h2-7,10-11,15,20-23H,8-9,12-14H2,1H3/t15-,20?,21?,22?,23?/m0/s1. The van der Waals surface area contributed by atoms with Gasteiger partial charge in [0.05, 0.1) is 0 Å². The van der Waals surface area contributed by atoms with E-state index < -0.39 is 0 Å². The third kappa shape index (κ3) is 3.95. The fourth-order valence-electron chi connectivity index (χ4n) is 5.08. The van der Waals surface area contributed by atoms with Gasteiger partial charge in [-0.3, -0.25) is 9.59 Å². The van der Waals surface area contributed by atoms with Gasteiger partial charge in [0, 0.05) is 37.5 Å². The van der Waals surface area contributed by atoms with Crippen LogP contribution < -0.4 is 0 Å². The van der Waals surface area contributed by atoms with E-state index in [1.54, 1.807) is 12.1 Å². The zero-order chi connectivity index (χ0) is 21.7. The van der Waals surface area contributed by atoms with Gasteiger partial charge in [0.25, 0.3) is 0 Å². The second kappa shape index (κ2) is 7.74. The molecule has 0 radical (unpaired) electrons. The maximum absolute atomic E-state index is 13.5. The van der Waals surface area contributed by atoms with Crippen LogP contribution in [0.2, 0.25) is 0 Å². The molecule has 3 aliphatic rings. The summed E-state index contributed by atoms with van der Waals surface area (Å²) in [6, 6.07) is 12.9. The van der Waals surface area contributed by atoms with Crippen LogP contribution in [0.1, 0.15) is 42.7 Å². The van der Waals surface area contributed by atoms with Crippen LogP contribution in [-0.2, 0) is 9.59 Å². The number of halogens is 2. The zero-order valence-electron chi connectivity index (χ0n) is 17.5. The van der Waals surface area contributed by atoms with Gasteiger partial charge < -0.3 is 9.80 Å². The van der Waals surface area contributed by atoms with Gasteiger partial charge >= 0.3 is 0 Å². The van der Waals surface area contributed by atoms with E-state index in [2.05, 4.69) is 0 Å². The highest BCUT2D eigenvalue weighted by Crippen LogP contribution is 2.50. The van der Waals surface area contributed by atoms with Gasteiger partial charge in [-0.1, -0.05) is 24.3 Å². The second-order valence-electron chi connectivity index (χ2n) is 9.17. The van der Waals surface area contributed by atoms with Gasteiger partial charge in [-0.05, 0) is 67.0 Å². The van der Waals surface area contributed by atoms with Crippen LogP contribution >= 0.6 is 0 Å². The summed E-state index contributed by atoms with van der Waals surface area (Å²) in [5.41, 5.74) is 1.77. The summed E-state index contributed by atoms with van der Waals surface area (Å²) < 4.78 is 27.0. The summed E-state index contributed by atoms with van der Waals surface area (Å²) in [5.74, 6) is -0.314. The molecule has 2 aliphatic carbocycles. The van der Waals surface area contributed by atoms with Crippen LogP contribution in [-0.4, -0.2) is 47.3 Å². The molecular weight excluding hydrogens is 398 g/mol. The molecule has 0 N–H and O–H groups in total. The van der Waals surface area contributed by atoms with Crippen molar-refractivity contribution in [2.45, 2.75) is 37.6 Å². The van der Waals surface area contributed by atoms with Crippen molar-refractivity contribution in [3.05, 3.63) is 71.3 Å².